The van der Waals surface area contributed by atoms with Crippen molar-refractivity contribution in [3.63, 3.8) is 0 Å². The van der Waals surface area contributed by atoms with Crippen molar-refractivity contribution in [3.05, 3.63) is 41.4 Å². The number of anilines is 3. The summed E-state index contributed by atoms with van der Waals surface area (Å²) in [5.41, 5.74) is 0.872. The normalized spacial score (nSPS) is 9.94. The fourth-order valence-corrected chi connectivity index (χ4v) is 1.72. The molecule has 0 aliphatic heterocycles. The SMILES string of the molecule is CNc1cccc(Nc2ccc(Cl)c(OC)c2)n1. The van der Waals surface area contributed by atoms with Crippen molar-refractivity contribution in [2.75, 3.05) is 24.8 Å². The maximum Gasteiger partial charge on any atom is 0.139 e. The summed E-state index contributed by atoms with van der Waals surface area (Å²) in [6.07, 6.45) is 0. The number of halogens is 1. The summed E-state index contributed by atoms with van der Waals surface area (Å²) in [4.78, 5) is 4.37. The van der Waals surface area contributed by atoms with Crippen molar-refractivity contribution in [2.45, 2.75) is 0 Å². The van der Waals surface area contributed by atoms with Crippen LogP contribution >= 0.6 is 11.6 Å². The number of aromatic nitrogens is 1. The van der Waals surface area contributed by atoms with Gasteiger partial charge in [-0.15, -0.1) is 0 Å². The van der Waals surface area contributed by atoms with Crippen LogP contribution in [0.5, 0.6) is 5.75 Å². The molecule has 0 spiro atoms. The van der Waals surface area contributed by atoms with Gasteiger partial charge in [-0.2, -0.15) is 0 Å². The molecule has 2 aromatic rings. The highest BCUT2D eigenvalue weighted by molar-refractivity contribution is 6.32. The van der Waals surface area contributed by atoms with Gasteiger partial charge in [0.15, 0.2) is 0 Å². The van der Waals surface area contributed by atoms with Crippen LogP contribution in [0.15, 0.2) is 36.4 Å². The predicted molar refractivity (Wildman–Crippen MR) is 75.1 cm³/mol. The molecule has 0 fully saturated rings. The fraction of sp³-hybridized carbons (Fsp3) is 0.154. The summed E-state index contributed by atoms with van der Waals surface area (Å²) in [6.45, 7) is 0. The summed E-state index contributed by atoms with van der Waals surface area (Å²) >= 11 is 5.97. The van der Waals surface area contributed by atoms with Crippen molar-refractivity contribution < 1.29 is 4.74 Å². The quantitative estimate of drug-likeness (QED) is 0.886. The molecule has 0 bridgehead atoms. The summed E-state index contributed by atoms with van der Waals surface area (Å²) in [5.74, 6) is 2.19. The van der Waals surface area contributed by atoms with Gasteiger partial charge in [-0.1, -0.05) is 17.7 Å². The average Bonchev–Trinajstić information content (AvgIpc) is 2.41. The molecule has 5 heteroatoms. The first-order valence-electron chi connectivity index (χ1n) is 5.48. The third kappa shape index (κ3) is 2.84. The minimum absolute atomic E-state index is 0.583. The van der Waals surface area contributed by atoms with Crippen LogP contribution in [-0.2, 0) is 0 Å². The van der Waals surface area contributed by atoms with Crippen LogP contribution in [0.1, 0.15) is 0 Å². The molecule has 1 aromatic heterocycles. The van der Waals surface area contributed by atoms with Crippen LogP contribution < -0.4 is 15.4 Å². The molecule has 0 atom stereocenters. The van der Waals surface area contributed by atoms with Crippen molar-refractivity contribution in [1.29, 1.82) is 0 Å². The Morgan fingerprint density at radius 1 is 1.17 bits per heavy atom. The number of methoxy groups -OCH3 is 1. The van der Waals surface area contributed by atoms with Crippen LogP contribution in [0.2, 0.25) is 5.02 Å². The third-order valence-corrected chi connectivity index (χ3v) is 2.74. The highest BCUT2D eigenvalue weighted by Gasteiger charge is 2.03. The number of nitrogens with one attached hydrogen (secondary N) is 2. The zero-order chi connectivity index (χ0) is 13.0. The highest BCUT2D eigenvalue weighted by atomic mass is 35.5. The Labute approximate surface area is 111 Å². The molecule has 0 radical (unpaired) electrons. The van der Waals surface area contributed by atoms with Crippen molar-refractivity contribution in [3.8, 4) is 5.75 Å². The number of ether oxygens (including phenoxy) is 1. The molecule has 1 aromatic carbocycles. The lowest BCUT2D eigenvalue weighted by Gasteiger charge is -2.09. The lowest BCUT2D eigenvalue weighted by atomic mass is 10.3. The van der Waals surface area contributed by atoms with Gasteiger partial charge in [0.1, 0.15) is 17.4 Å². The van der Waals surface area contributed by atoms with E-state index < -0.39 is 0 Å². The number of benzene rings is 1. The van der Waals surface area contributed by atoms with E-state index in [1.54, 1.807) is 13.2 Å². The molecular weight excluding hydrogens is 250 g/mol. The monoisotopic (exact) mass is 263 g/mol. The smallest absolute Gasteiger partial charge is 0.139 e. The van der Waals surface area contributed by atoms with Crippen LogP contribution in [0.25, 0.3) is 0 Å². The molecule has 0 unspecified atom stereocenters. The van der Waals surface area contributed by atoms with Crippen molar-refractivity contribution >= 4 is 28.9 Å². The van der Waals surface area contributed by atoms with E-state index >= 15 is 0 Å². The van der Waals surface area contributed by atoms with Gasteiger partial charge in [-0.05, 0) is 24.3 Å². The lowest BCUT2D eigenvalue weighted by Crippen LogP contribution is -1.97. The zero-order valence-corrected chi connectivity index (χ0v) is 11.0. The maximum absolute atomic E-state index is 5.97. The highest BCUT2D eigenvalue weighted by Crippen LogP contribution is 2.28. The average molecular weight is 264 g/mol. The zero-order valence-electron chi connectivity index (χ0n) is 10.2. The fourth-order valence-electron chi connectivity index (χ4n) is 1.53. The molecule has 2 N–H and O–H groups in total. The second-order valence-corrected chi connectivity index (χ2v) is 4.04. The van der Waals surface area contributed by atoms with E-state index in [2.05, 4.69) is 15.6 Å². The molecular formula is C13H14ClN3O. The number of rotatable bonds is 4. The minimum Gasteiger partial charge on any atom is -0.495 e. The lowest BCUT2D eigenvalue weighted by molar-refractivity contribution is 0.415. The first-order valence-corrected chi connectivity index (χ1v) is 5.86. The second kappa shape index (κ2) is 5.60. The van der Waals surface area contributed by atoms with E-state index in [9.17, 15) is 0 Å². The van der Waals surface area contributed by atoms with Gasteiger partial charge in [0.25, 0.3) is 0 Å². The van der Waals surface area contributed by atoms with E-state index in [0.29, 0.717) is 10.8 Å². The van der Waals surface area contributed by atoms with Crippen LogP contribution in [0.3, 0.4) is 0 Å². The minimum atomic E-state index is 0.583. The molecule has 2 rings (SSSR count). The number of pyridine rings is 1. The number of hydrogen-bond acceptors (Lipinski definition) is 4. The molecule has 0 aliphatic carbocycles. The van der Waals surface area contributed by atoms with Crippen molar-refractivity contribution in [2.24, 2.45) is 0 Å². The standard InChI is InChI=1S/C13H14ClN3O/c1-15-12-4-3-5-13(17-12)16-9-6-7-10(14)11(8-9)18-2/h3-8H,1-2H3,(H2,15,16,17). The molecule has 94 valence electrons. The summed E-state index contributed by atoms with van der Waals surface area (Å²) in [7, 11) is 3.42. The van der Waals surface area contributed by atoms with E-state index in [1.165, 1.54) is 0 Å². The first-order chi connectivity index (χ1) is 8.72. The van der Waals surface area contributed by atoms with E-state index in [1.807, 2.05) is 37.4 Å². The Hall–Kier alpha value is -1.94. The van der Waals surface area contributed by atoms with E-state index in [0.717, 1.165) is 17.3 Å². The Kier molecular flexibility index (Phi) is 3.89. The van der Waals surface area contributed by atoms with Gasteiger partial charge in [0.05, 0.1) is 12.1 Å². The van der Waals surface area contributed by atoms with Gasteiger partial charge in [-0.3, -0.25) is 0 Å². The maximum atomic E-state index is 5.97. The molecule has 1 heterocycles. The molecule has 0 saturated carbocycles. The van der Waals surface area contributed by atoms with Gasteiger partial charge in [0.2, 0.25) is 0 Å². The summed E-state index contributed by atoms with van der Waals surface area (Å²) in [5, 5.41) is 6.76. The summed E-state index contributed by atoms with van der Waals surface area (Å²) in [6, 6.07) is 11.2. The molecule has 0 amide bonds. The van der Waals surface area contributed by atoms with Crippen molar-refractivity contribution in [1.82, 2.24) is 4.98 Å². The topological polar surface area (TPSA) is 46.2 Å². The van der Waals surface area contributed by atoms with Crippen LogP contribution in [-0.4, -0.2) is 19.1 Å². The van der Waals surface area contributed by atoms with E-state index in [4.69, 9.17) is 16.3 Å². The number of hydrogen-bond donors (Lipinski definition) is 2. The molecule has 18 heavy (non-hydrogen) atoms. The first kappa shape index (κ1) is 12.5. The Morgan fingerprint density at radius 2 is 1.94 bits per heavy atom. The van der Waals surface area contributed by atoms with Crippen LogP contribution in [0, 0.1) is 0 Å². The van der Waals surface area contributed by atoms with Gasteiger partial charge in [-0.25, -0.2) is 4.98 Å². The largest absolute Gasteiger partial charge is 0.495 e. The summed E-state index contributed by atoms with van der Waals surface area (Å²) < 4.78 is 5.16. The Balaban J connectivity index is 2.22. The molecule has 0 saturated heterocycles. The van der Waals surface area contributed by atoms with E-state index in [-0.39, 0.29) is 0 Å². The van der Waals surface area contributed by atoms with Crippen LogP contribution in [0.4, 0.5) is 17.3 Å². The molecule has 4 nitrogen and oxygen atoms in total. The third-order valence-electron chi connectivity index (χ3n) is 2.43. The van der Waals surface area contributed by atoms with Gasteiger partial charge < -0.3 is 15.4 Å². The predicted octanol–water partition coefficient (Wildman–Crippen LogP) is 3.53. The van der Waals surface area contributed by atoms with Gasteiger partial charge in [0, 0.05) is 18.8 Å². The number of nitrogens with zero attached hydrogens (tertiary/aromatic N) is 1. The second-order valence-electron chi connectivity index (χ2n) is 3.63. The Morgan fingerprint density at radius 3 is 2.67 bits per heavy atom. The Bertz CT molecular complexity index is 546. The van der Waals surface area contributed by atoms with Gasteiger partial charge >= 0.3 is 0 Å². The molecule has 0 aliphatic rings.